The fourth-order valence-electron chi connectivity index (χ4n) is 1.76. The van der Waals surface area contributed by atoms with E-state index in [9.17, 15) is 18.0 Å². The molecule has 0 radical (unpaired) electrons. The van der Waals surface area contributed by atoms with Crippen molar-refractivity contribution in [2.75, 3.05) is 18.8 Å². The Balaban J connectivity index is 4.07. The van der Waals surface area contributed by atoms with Crippen LogP contribution in [0.2, 0.25) is 0 Å². The molecule has 20 heavy (non-hydrogen) atoms. The lowest BCUT2D eigenvalue weighted by atomic mass is 9.94. The van der Waals surface area contributed by atoms with Crippen molar-refractivity contribution in [1.29, 1.82) is 0 Å². The van der Waals surface area contributed by atoms with Gasteiger partial charge in [0.1, 0.15) is 0 Å². The highest BCUT2D eigenvalue weighted by Crippen LogP contribution is 2.14. The first-order chi connectivity index (χ1) is 9.10. The topological polar surface area (TPSA) is 139 Å². The van der Waals surface area contributed by atoms with Gasteiger partial charge in [0.25, 0.3) is 0 Å². The van der Waals surface area contributed by atoms with Crippen molar-refractivity contribution in [3.05, 3.63) is 0 Å². The summed E-state index contributed by atoms with van der Waals surface area (Å²) in [6.45, 7) is 4.09. The van der Waals surface area contributed by atoms with Crippen LogP contribution >= 0.6 is 0 Å². The zero-order valence-electron chi connectivity index (χ0n) is 11.8. The molecule has 0 spiro atoms. The number of nitrogens with one attached hydrogen (secondary N) is 2. The van der Waals surface area contributed by atoms with Crippen molar-refractivity contribution in [2.45, 2.75) is 26.7 Å². The normalized spacial score (nSPS) is 13.0. The van der Waals surface area contributed by atoms with Crippen LogP contribution in [0.15, 0.2) is 0 Å². The molecule has 0 saturated heterocycles. The van der Waals surface area contributed by atoms with Crippen LogP contribution in [0.25, 0.3) is 0 Å². The number of hydrogen-bond acceptors (Lipinski definition) is 4. The van der Waals surface area contributed by atoms with Gasteiger partial charge in [0.05, 0.1) is 5.75 Å². The number of rotatable bonds is 9. The Kier molecular flexibility index (Phi) is 8.16. The third-order valence-electron chi connectivity index (χ3n) is 2.49. The highest BCUT2D eigenvalue weighted by atomic mass is 32.2. The lowest BCUT2D eigenvalue weighted by Crippen LogP contribution is -2.41. The molecule has 0 aromatic carbocycles. The Labute approximate surface area is 119 Å². The lowest BCUT2D eigenvalue weighted by Gasteiger charge is -2.18. The van der Waals surface area contributed by atoms with E-state index in [2.05, 4.69) is 10.6 Å². The summed E-state index contributed by atoms with van der Waals surface area (Å²) in [6, 6.07) is -0.534. The molecular formula is C11H23N3O5S. The van der Waals surface area contributed by atoms with Crippen LogP contribution < -0.4 is 15.8 Å². The van der Waals surface area contributed by atoms with E-state index in [1.54, 1.807) is 0 Å². The molecule has 0 saturated carbocycles. The average molecular weight is 309 g/mol. The number of sulfonamides is 1. The second kappa shape index (κ2) is 8.75. The number of carboxylic acids is 1. The number of nitrogens with two attached hydrogens (primary N) is 1. The molecule has 0 aliphatic rings. The first-order valence-electron chi connectivity index (χ1n) is 6.34. The molecule has 2 amide bonds. The van der Waals surface area contributed by atoms with Gasteiger partial charge in [-0.25, -0.2) is 18.4 Å². The van der Waals surface area contributed by atoms with E-state index in [-0.39, 0.29) is 31.2 Å². The van der Waals surface area contributed by atoms with Crippen molar-refractivity contribution < 1.29 is 23.1 Å². The molecule has 8 nitrogen and oxygen atoms in total. The Morgan fingerprint density at radius 2 is 1.85 bits per heavy atom. The van der Waals surface area contributed by atoms with Gasteiger partial charge in [-0.2, -0.15) is 0 Å². The number of primary sulfonamides is 1. The molecule has 1 unspecified atom stereocenters. The van der Waals surface area contributed by atoms with Gasteiger partial charge in [-0.1, -0.05) is 13.8 Å². The third kappa shape index (κ3) is 11.7. The van der Waals surface area contributed by atoms with E-state index in [1.807, 2.05) is 13.8 Å². The van der Waals surface area contributed by atoms with Crippen LogP contribution in [0.3, 0.4) is 0 Å². The van der Waals surface area contributed by atoms with Gasteiger partial charge >= 0.3 is 12.0 Å². The SMILES string of the molecule is CC(C)CC(CNC(=O)NCCS(N)(=O)=O)CC(=O)O. The van der Waals surface area contributed by atoms with Crippen LogP contribution in [0.1, 0.15) is 26.7 Å². The van der Waals surface area contributed by atoms with Crippen LogP contribution in [-0.4, -0.2) is 44.4 Å². The molecule has 0 rings (SSSR count). The highest BCUT2D eigenvalue weighted by molar-refractivity contribution is 7.89. The summed E-state index contributed by atoms with van der Waals surface area (Å²) in [5.74, 6) is -1.08. The number of carboxylic acid groups (broad SMARTS) is 1. The first-order valence-corrected chi connectivity index (χ1v) is 8.05. The van der Waals surface area contributed by atoms with Gasteiger partial charge in [0, 0.05) is 19.5 Å². The van der Waals surface area contributed by atoms with Gasteiger partial charge in [-0.15, -0.1) is 0 Å². The minimum atomic E-state index is -3.60. The predicted octanol–water partition coefficient (Wildman–Crippen LogP) is -0.289. The van der Waals surface area contributed by atoms with Gasteiger partial charge in [-0.3, -0.25) is 4.79 Å². The van der Waals surface area contributed by atoms with Gasteiger partial charge < -0.3 is 15.7 Å². The molecule has 0 aromatic rings. The Hall–Kier alpha value is -1.35. The standard InChI is InChI=1S/C11H23N3O5S/c1-8(2)5-9(6-10(15)16)7-14-11(17)13-3-4-20(12,18)19/h8-9H,3-7H2,1-2H3,(H,15,16)(H2,12,18,19)(H2,13,14,17). The zero-order chi connectivity index (χ0) is 15.8. The summed E-state index contributed by atoms with van der Waals surface area (Å²) in [7, 11) is -3.60. The minimum absolute atomic E-state index is 0.0182. The van der Waals surface area contributed by atoms with Crippen LogP contribution in [0.4, 0.5) is 4.79 Å². The van der Waals surface area contributed by atoms with Crippen LogP contribution in [-0.2, 0) is 14.8 Å². The molecule has 0 bridgehead atoms. The van der Waals surface area contributed by atoms with Gasteiger partial charge in [0.2, 0.25) is 10.0 Å². The molecule has 0 fully saturated rings. The van der Waals surface area contributed by atoms with Crippen molar-refractivity contribution in [3.8, 4) is 0 Å². The summed E-state index contributed by atoms with van der Waals surface area (Å²) < 4.78 is 21.3. The van der Waals surface area contributed by atoms with Crippen molar-refractivity contribution in [3.63, 3.8) is 0 Å². The van der Waals surface area contributed by atoms with E-state index in [0.29, 0.717) is 12.3 Å². The number of urea groups is 1. The molecule has 118 valence electrons. The Morgan fingerprint density at radius 1 is 1.25 bits per heavy atom. The summed E-state index contributed by atoms with van der Waals surface area (Å²) in [5.41, 5.74) is 0. The van der Waals surface area contributed by atoms with Crippen molar-refractivity contribution in [2.24, 2.45) is 17.0 Å². The summed E-state index contributed by atoms with van der Waals surface area (Å²) in [4.78, 5) is 22.1. The van der Waals surface area contributed by atoms with E-state index < -0.39 is 22.0 Å². The minimum Gasteiger partial charge on any atom is -0.481 e. The first kappa shape index (κ1) is 18.7. The Morgan fingerprint density at radius 3 is 2.30 bits per heavy atom. The van der Waals surface area contributed by atoms with Gasteiger partial charge in [-0.05, 0) is 18.3 Å². The lowest BCUT2D eigenvalue weighted by molar-refractivity contribution is -0.138. The largest absolute Gasteiger partial charge is 0.481 e. The number of hydrogen-bond donors (Lipinski definition) is 4. The molecule has 0 aliphatic heterocycles. The summed E-state index contributed by atoms with van der Waals surface area (Å²) in [6.07, 6.45) is 0.666. The molecule has 1 atom stereocenters. The van der Waals surface area contributed by atoms with E-state index >= 15 is 0 Å². The second-order valence-corrected chi connectivity index (χ2v) is 6.83. The van der Waals surface area contributed by atoms with Crippen molar-refractivity contribution in [1.82, 2.24) is 10.6 Å². The molecule has 0 heterocycles. The predicted molar refractivity (Wildman–Crippen MR) is 74.6 cm³/mol. The zero-order valence-corrected chi connectivity index (χ0v) is 12.6. The molecule has 9 heteroatoms. The maximum Gasteiger partial charge on any atom is 0.314 e. The van der Waals surface area contributed by atoms with Gasteiger partial charge in [0.15, 0.2) is 0 Å². The maximum absolute atomic E-state index is 11.4. The Bertz CT molecular complexity index is 422. The van der Waals surface area contributed by atoms with E-state index in [0.717, 1.165) is 0 Å². The summed E-state index contributed by atoms with van der Waals surface area (Å²) in [5, 5.41) is 18.4. The molecule has 0 aromatic heterocycles. The van der Waals surface area contributed by atoms with Crippen LogP contribution in [0, 0.1) is 11.8 Å². The highest BCUT2D eigenvalue weighted by Gasteiger charge is 2.16. The van der Waals surface area contributed by atoms with Crippen LogP contribution in [0.5, 0.6) is 0 Å². The van der Waals surface area contributed by atoms with Crippen molar-refractivity contribution >= 4 is 22.0 Å². The number of aliphatic carboxylic acids is 1. The fourth-order valence-corrected chi connectivity index (χ4v) is 2.15. The fraction of sp³-hybridized carbons (Fsp3) is 0.818. The quantitative estimate of drug-likeness (QED) is 0.463. The third-order valence-corrected chi connectivity index (χ3v) is 3.26. The number of carbonyl (C=O) groups excluding carboxylic acids is 1. The van der Waals surface area contributed by atoms with E-state index in [4.69, 9.17) is 10.2 Å². The summed E-state index contributed by atoms with van der Waals surface area (Å²) >= 11 is 0. The van der Waals surface area contributed by atoms with E-state index in [1.165, 1.54) is 0 Å². The monoisotopic (exact) mass is 309 g/mol. The number of carbonyl (C=O) groups is 2. The molecular weight excluding hydrogens is 286 g/mol. The second-order valence-electron chi connectivity index (χ2n) is 5.10. The maximum atomic E-state index is 11.4. The number of amides is 2. The average Bonchev–Trinajstić information content (AvgIpc) is 2.22. The smallest absolute Gasteiger partial charge is 0.314 e. The molecule has 5 N–H and O–H groups in total. The molecule has 0 aliphatic carbocycles.